The van der Waals surface area contributed by atoms with E-state index in [1.165, 1.54) is 0 Å². The molecule has 0 aliphatic carbocycles. The van der Waals surface area contributed by atoms with Crippen LogP contribution in [0.2, 0.25) is 0 Å². The number of ether oxygens (including phenoxy) is 1. The van der Waals surface area contributed by atoms with Crippen molar-refractivity contribution in [2.75, 3.05) is 0 Å². The van der Waals surface area contributed by atoms with Crippen LogP contribution in [0.25, 0.3) is 11.0 Å². The predicted octanol–water partition coefficient (Wildman–Crippen LogP) is 4.35. The van der Waals surface area contributed by atoms with Crippen LogP contribution in [0.3, 0.4) is 0 Å². The highest BCUT2D eigenvalue weighted by atomic mass is 127. The van der Waals surface area contributed by atoms with E-state index in [4.69, 9.17) is 4.74 Å². The molecule has 1 N–H and O–H groups in total. The van der Waals surface area contributed by atoms with Crippen molar-refractivity contribution in [2.45, 2.75) is 6.61 Å². The highest BCUT2D eigenvalue weighted by molar-refractivity contribution is 14.1. The molecule has 0 aliphatic rings. The number of fused-ring (bicyclic) bond motifs is 1. The Morgan fingerprint density at radius 2 is 1.84 bits per heavy atom. The fourth-order valence-corrected chi connectivity index (χ4v) is 2.89. The zero-order valence-electron chi connectivity index (χ0n) is 9.86. The van der Waals surface area contributed by atoms with Gasteiger partial charge in [-0.1, -0.05) is 30.3 Å². The van der Waals surface area contributed by atoms with Crippen molar-refractivity contribution in [3.8, 4) is 5.88 Å². The van der Waals surface area contributed by atoms with E-state index in [1.54, 1.807) is 0 Å². The highest BCUT2D eigenvalue weighted by Gasteiger charge is 2.09. The molecule has 0 spiro atoms. The molecule has 0 atom stereocenters. The van der Waals surface area contributed by atoms with Gasteiger partial charge in [0.25, 0.3) is 0 Å². The van der Waals surface area contributed by atoms with Gasteiger partial charge < -0.3 is 9.72 Å². The number of aromatic amines is 1. The number of pyridine rings is 1. The first-order valence-electron chi connectivity index (χ1n) is 5.74. The Bertz CT molecular complexity index is 710. The quantitative estimate of drug-likeness (QED) is 0.572. The van der Waals surface area contributed by atoms with Crippen molar-refractivity contribution in [3.05, 3.63) is 55.3 Å². The fourth-order valence-electron chi connectivity index (χ4n) is 1.80. The van der Waals surface area contributed by atoms with Crippen molar-refractivity contribution in [2.24, 2.45) is 0 Å². The van der Waals surface area contributed by atoms with E-state index in [9.17, 15) is 0 Å². The lowest BCUT2D eigenvalue weighted by Gasteiger charge is -2.05. The zero-order valence-corrected chi connectivity index (χ0v) is 14.2. The van der Waals surface area contributed by atoms with Crippen LogP contribution < -0.4 is 4.74 Å². The second-order valence-electron chi connectivity index (χ2n) is 4.07. The number of rotatable bonds is 3. The number of nitrogens with zero attached hydrogens (tertiary/aromatic N) is 1. The van der Waals surface area contributed by atoms with Crippen LogP contribution in [0.4, 0.5) is 0 Å². The van der Waals surface area contributed by atoms with Crippen LogP contribution >= 0.6 is 45.2 Å². The molecule has 0 saturated carbocycles. The zero-order chi connectivity index (χ0) is 13.2. The average molecular weight is 476 g/mol. The van der Waals surface area contributed by atoms with Crippen LogP contribution in [-0.4, -0.2) is 9.97 Å². The third-order valence-corrected chi connectivity index (χ3v) is 5.64. The number of H-pyrrole nitrogens is 1. The molecule has 0 saturated heterocycles. The van der Waals surface area contributed by atoms with Crippen LogP contribution in [0.5, 0.6) is 5.88 Å². The standard InChI is InChI=1S/C14H10I2N2O/c15-12-13-10(17-14(12)16)6-7-11(18-13)19-8-9-4-2-1-3-5-9/h1-7,17H,8H2. The molecule has 3 nitrogen and oxygen atoms in total. The first-order valence-corrected chi connectivity index (χ1v) is 7.90. The van der Waals surface area contributed by atoms with Gasteiger partial charge in [-0.15, -0.1) is 0 Å². The van der Waals surface area contributed by atoms with E-state index in [0.29, 0.717) is 12.5 Å². The summed E-state index contributed by atoms with van der Waals surface area (Å²) in [6, 6.07) is 14.0. The Kier molecular flexibility index (Phi) is 3.92. The van der Waals surface area contributed by atoms with Gasteiger partial charge >= 0.3 is 0 Å². The SMILES string of the molecule is Ic1[nH]c2ccc(OCc3ccccc3)nc2c1I. The van der Waals surface area contributed by atoms with Gasteiger partial charge in [-0.05, 0) is 56.8 Å². The lowest BCUT2D eigenvalue weighted by atomic mass is 10.2. The summed E-state index contributed by atoms with van der Waals surface area (Å²) in [7, 11) is 0. The van der Waals surface area contributed by atoms with Gasteiger partial charge in [0, 0.05) is 6.07 Å². The van der Waals surface area contributed by atoms with E-state index >= 15 is 0 Å². The van der Waals surface area contributed by atoms with E-state index in [0.717, 1.165) is 23.9 Å². The van der Waals surface area contributed by atoms with Gasteiger partial charge in [-0.3, -0.25) is 0 Å². The van der Waals surface area contributed by atoms with Crippen molar-refractivity contribution in [1.29, 1.82) is 0 Å². The maximum atomic E-state index is 5.73. The summed E-state index contributed by atoms with van der Waals surface area (Å²) >= 11 is 4.57. The number of halogens is 2. The number of nitrogens with one attached hydrogen (secondary N) is 1. The number of hydrogen-bond acceptors (Lipinski definition) is 2. The van der Waals surface area contributed by atoms with E-state index < -0.39 is 0 Å². The summed E-state index contributed by atoms with van der Waals surface area (Å²) in [6.07, 6.45) is 0. The van der Waals surface area contributed by atoms with Crippen LogP contribution in [0.15, 0.2) is 42.5 Å². The number of benzene rings is 1. The molecule has 2 aromatic heterocycles. The molecule has 3 aromatic rings. The molecule has 0 fully saturated rings. The summed E-state index contributed by atoms with van der Waals surface area (Å²) < 4.78 is 7.98. The second-order valence-corrected chi connectivity index (χ2v) is 6.23. The molecule has 0 amide bonds. The molecule has 96 valence electrons. The van der Waals surface area contributed by atoms with E-state index in [1.807, 2.05) is 42.5 Å². The number of aromatic nitrogens is 2. The molecule has 3 rings (SSSR count). The lowest BCUT2D eigenvalue weighted by molar-refractivity contribution is 0.295. The molecule has 0 bridgehead atoms. The minimum atomic E-state index is 0.539. The van der Waals surface area contributed by atoms with Gasteiger partial charge in [0.15, 0.2) is 0 Å². The molecular weight excluding hydrogens is 466 g/mol. The Hall–Kier alpha value is -0.830. The van der Waals surface area contributed by atoms with Gasteiger partial charge in [0.1, 0.15) is 12.1 Å². The van der Waals surface area contributed by atoms with Gasteiger partial charge in [-0.2, -0.15) is 0 Å². The Balaban J connectivity index is 1.83. The fraction of sp³-hybridized carbons (Fsp3) is 0.0714. The third-order valence-electron chi connectivity index (χ3n) is 2.74. The topological polar surface area (TPSA) is 37.9 Å². The number of hydrogen-bond donors (Lipinski definition) is 1. The molecule has 0 unspecified atom stereocenters. The smallest absolute Gasteiger partial charge is 0.214 e. The first-order chi connectivity index (χ1) is 9.24. The summed E-state index contributed by atoms with van der Waals surface area (Å²) in [4.78, 5) is 7.83. The molecule has 5 heteroatoms. The molecular formula is C14H10I2N2O. The Morgan fingerprint density at radius 3 is 2.63 bits per heavy atom. The van der Waals surface area contributed by atoms with Crippen molar-refractivity contribution in [3.63, 3.8) is 0 Å². The molecule has 2 heterocycles. The van der Waals surface area contributed by atoms with Crippen molar-refractivity contribution < 1.29 is 4.74 Å². The third kappa shape index (κ3) is 2.86. The summed E-state index contributed by atoms with van der Waals surface area (Å²) in [5.74, 6) is 0.657. The lowest BCUT2D eigenvalue weighted by Crippen LogP contribution is -1.96. The minimum Gasteiger partial charge on any atom is -0.473 e. The first kappa shape index (κ1) is 13.2. The van der Waals surface area contributed by atoms with E-state index in [-0.39, 0.29) is 0 Å². The highest BCUT2D eigenvalue weighted by Crippen LogP contribution is 2.25. The molecule has 1 aromatic carbocycles. The minimum absolute atomic E-state index is 0.539. The molecule has 0 aliphatic heterocycles. The summed E-state index contributed by atoms with van der Waals surface area (Å²) in [5.41, 5.74) is 3.15. The predicted molar refractivity (Wildman–Crippen MR) is 92.3 cm³/mol. The van der Waals surface area contributed by atoms with Gasteiger partial charge in [0.05, 0.1) is 12.8 Å². The summed E-state index contributed by atoms with van der Waals surface area (Å²) in [6.45, 7) is 0.539. The summed E-state index contributed by atoms with van der Waals surface area (Å²) in [5, 5.41) is 0. The average Bonchev–Trinajstić information content (AvgIpc) is 2.73. The monoisotopic (exact) mass is 476 g/mol. The van der Waals surface area contributed by atoms with Crippen LogP contribution in [0, 0.1) is 7.27 Å². The molecule has 19 heavy (non-hydrogen) atoms. The van der Waals surface area contributed by atoms with Crippen LogP contribution in [-0.2, 0) is 6.61 Å². The Labute approximate surface area is 138 Å². The van der Waals surface area contributed by atoms with Crippen molar-refractivity contribution >= 4 is 56.2 Å². The van der Waals surface area contributed by atoms with Crippen molar-refractivity contribution in [1.82, 2.24) is 9.97 Å². The largest absolute Gasteiger partial charge is 0.473 e. The van der Waals surface area contributed by atoms with Crippen LogP contribution in [0.1, 0.15) is 5.56 Å². The van der Waals surface area contributed by atoms with E-state index in [2.05, 4.69) is 55.1 Å². The maximum Gasteiger partial charge on any atom is 0.214 e. The van der Waals surface area contributed by atoms with Gasteiger partial charge in [0.2, 0.25) is 5.88 Å². The maximum absolute atomic E-state index is 5.73. The second kappa shape index (κ2) is 5.66. The normalized spacial score (nSPS) is 10.8. The molecule has 0 radical (unpaired) electrons. The van der Waals surface area contributed by atoms with Gasteiger partial charge in [-0.25, -0.2) is 4.98 Å². The Morgan fingerprint density at radius 1 is 1.05 bits per heavy atom.